The molecule has 0 radical (unpaired) electrons. The molecule has 4 fully saturated rings. The summed E-state index contributed by atoms with van der Waals surface area (Å²) in [4.78, 5) is 66.4. The number of aromatic hydroxyl groups is 1. The van der Waals surface area contributed by atoms with E-state index >= 15 is 4.79 Å². The number of pyridine rings is 1. The Bertz CT molecular complexity index is 2450. The molecule has 2 aliphatic carbocycles. The van der Waals surface area contributed by atoms with Crippen molar-refractivity contribution in [2.75, 3.05) is 41.5 Å². The highest BCUT2D eigenvalue weighted by atomic mass is 35.5. The summed E-state index contributed by atoms with van der Waals surface area (Å²) in [6.45, 7) is 2.58. The summed E-state index contributed by atoms with van der Waals surface area (Å²) in [5.41, 5.74) is 2.35. The maximum atomic E-state index is 15.4. The highest BCUT2D eigenvalue weighted by Gasteiger charge is 2.70. The molecule has 1 aromatic heterocycles. The summed E-state index contributed by atoms with van der Waals surface area (Å²) in [7, 11) is 0. The van der Waals surface area contributed by atoms with Gasteiger partial charge in [0.15, 0.2) is 5.82 Å². The van der Waals surface area contributed by atoms with E-state index in [-0.39, 0.29) is 35.3 Å². The van der Waals surface area contributed by atoms with Gasteiger partial charge in [0.05, 0.1) is 52.7 Å². The predicted molar refractivity (Wildman–Crippen MR) is 212 cm³/mol. The smallest absolute Gasteiger partial charge is 0.417 e. The van der Waals surface area contributed by atoms with Gasteiger partial charge in [0.1, 0.15) is 5.75 Å². The zero-order valence-corrected chi connectivity index (χ0v) is 33.0. The quantitative estimate of drug-likeness (QED) is 0.147. The number of hydrazine groups is 1. The van der Waals surface area contributed by atoms with E-state index in [0.717, 1.165) is 5.69 Å². The highest BCUT2D eigenvalue weighted by molar-refractivity contribution is 6.33. The third-order valence-corrected chi connectivity index (χ3v) is 13.2. The van der Waals surface area contributed by atoms with Crippen LogP contribution in [0.2, 0.25) is 15.1 Å². The Morgan fingerprint density at radius 3 is 2.19 bits per heavy atom. The van der Waals surface area contributed by atoms with Gasteiger partial charge in [-0.1, -0.05) is 64.7 Å². The van der Waals surface area contributed by atoms with Crippen LogP contribution >= 0.6 is 34.8 Å². The summed E-state index contributed by atoms with van der Waals surface area (Å²) < 4.78 is 46.0. The van der Waals surface area contributed by atoms with Crippen LogP contribution < -0.4 is 15.2 Å². The maximum Gasteiger partial charge on any atom is 0.417 e. The van der Waals surface area contributed by atoms with Crippen LogP contribution in [0, 0.1) is 23.7 Å². The van der Waals surface area contributed by atoms with Crippen LogP contribution in [0.15, 0.2) is 90.6 Å². The number of hydrogen-bond acceptors (Lipinski definition) is 9. The van der Waals surface area contributed by atoms with Crippen LogP contribution in [0.3, 0.4) is 0 Å². The minimum absolute atomic E-state index is 0.0679. The second kappa shape index (κ2) is 14.5. The largest absolute Gasteiger partial charge is 0.508 e. The molecular formula is C42H33Cl3F3N5O6. The van der Waals surface area contributed by atoms with Crippen LogP contribution in [-0.4, -0.2) is 65.0 Å². The molecule has 9 rings (SSSR count). The number of imide groups is 2. The van der Waals surface area contributed by atoms with Crippen LogP contribution in [0.4, 0.5) is 30.4 Å². The zero-order valence-electron chi connectivity index (χ0n) is 30.8. The Labute approximate surface area is 350 Å². The fourth-order valence-electron chi connectivity index (χ4n) is 9.77. The standard InChI is InChI=1S/C42H33Cl3F3N5O6/c43-23-3-1-21(2-4-23)41-31(38(56)53(40(41)58)50-36-33(45)17-22(20-49-36)42(46,47)48)19-30-27(35(41)28-10-9-26(54)18-32(28)44)11-12-29-34(30)39(57)52(37(29)55)25-7-5-24(6-8-25)51-13-15-59-16-14-51/h1-11,17-18,20,29-31,34-35,54H,12-16,19H2,(H,49,50)/t29-,30+,31-,34-,35+,41+/m0/s1. The third kappa shape index (κ3) is 6.25. The number of aromatic nitrogens is 1. The summed E-state index contributed by atoms with van der Waals surface area (Å²) in [6.07, 6.45) is -2.30. The summed E-state index contributed by atoms with van der Waals surface area (Å²) in [5.74, 6) is -7.64. The first-order valence-corrected chi connectivity index (χ1v) is 20.0. The van der Waals surface area contributed by atoms with Crippen LogP contribution in [0.5, 0.6) is 5.75 Å². The Morgan fingerprint density at radius 2 is 1.53 bits per heavy atom. The molecule has 11 nitrogen and oxygen atoms in total. The lowest BCUT2D eigenvalue weighted by Crippen LogP contribution is -2.53. The number of allylic oxidation sites excluding steroid dienone is 2. The van der Waals surface area contributed by atoms with Crippen molar-refractivity contribution in [3.05, 3.63) is 122 Å². The number of fused-ring (bicyclic) bond motifs is 4. The van der Waals surface area contributed by atoms with E-state index in [0.29, 0.717) is 71.0 Å². The van der Waals surface area contributed by atoms with E-state index < -0.39 is 69.5 Å². The maximum absolute atomic E-state index is 15.4. The molecule has 4 heterocycles. The number of benzene rings is 3. The number of rotatable bonds is 6. The molecule has 304 valence electrons. The van der Waals surface area contributed by atoms with Crippen LogP contribution in [0.25, 0.3) is 0 Å². The fraction of sp³-hybridized carbons (Fsp3) is 0.310. The molecule has 2 N–H and O–H groups in total. The molecule has 59 heavy (non-hydrogen) atoms. The number of phenols is 1. The number of alkyl halides is 3. The number of carbonyl (C=O) groups is 4. The predicted octanol–water partition coefficient (Wildman–Crippen LogP) is 7.79. The molecule has 4 amide bonds. The van der Waals surface area contributed by atoms with Gasteiger partial charge in [0.25, 0.3) is 11.8 Å². The van der Waals surface area contributed by atoms with Gasteiger partial charge in [-0.2, -0.15) is 18.2 Å². The first-order valence-electron chi connectivity index (χ1n) is 18.8. The Balaban J connectivity index is 1.16. The Kier molecular flexibility index (Phi) is 9.69. The van der Waals surface area contributed by atoms with E-state index in [4.69, 9.17) is 39.5 Å². The number of hydrogen-bond donors (Lipinski definition) is 2. The number of carbonyl (C=O) groups excluding carboxylic acids is 4. The van der Waals surface area contributed by atoms with Gasteiger partial charge >= 0.3 is 6.18 Å². The van der Waals surface area contributed by atoms with E-state index in [9.17, 15) is 32.7 Å². The molecular weight excluding hydrogens is 834 g/mol. The van der Waals surface area contributed by atoms with Crippen molar-refractivity contribution < 1.29 is 42.2 Å². The summed E-state index contributed by atoms with van der Waals surface area (Å²) >= 11 is 19.5. The van der Waals surface area contributed by atoms with Crippen molar-refractivity contribution in [1.82, 2.24) is 9.99 Å². The molecule has 3 aliphatic heterocycles. The molecule has 3 aromatic carbocycles. The fourth-order valence-corrected chi connectivity index (χ4v) is 10.4. The van der Waals surface area contributed by atoms with Crippen LogP contribution in [0.1, 0.15) is 35.4 Å². The normalized spacial score (nSPS) is 26.8. The SMILES string of the molecule is O=C1[C@@H]2C[C@@H]3C(=CC[C@@H]4C(=O)N(c5ccc(N6CCOCC6)cc5)C(=O)[C@@H]43)[C@H](c3ccc(O)cc3Cl)[C@]2(c2ccc(Cl)cc2)C(=O)N1Nc1ncc(C(F)(F)F)cc1Cl. The monoisotopic (exact) mass is 865 g/mol. The first-order chi connectivity index (χ1) is 28.2. The average Bonchev–Trinajstić information content (AvgIpc) is 3.59. The zero-order chi connectivity index (χ0) is 41.5. The van der Waals surface area contributed by atoms with Gasteiger partial charge in [-0.15, -0.1) is 0 Å². The lowest BCUT2D eigenvalue weighted by Gasteiger charge is -2.50. The number of halogens is 6. The lowest BCUT2D eigenvalue weighted by molar-refractivity contribution is -0.139. The van der Waals surface area contributed by atoms with Crippen molar-refractivity contribution in [2.45, 2.75) is 30.4 Å². The van der Waals surface area contributed by atoms with E-state index in [1.807, 2.05) is 18.2 Å². The molecule has 5 aliphatic rings. The molecule has 0 unspecified atom stereocenters. The first kappa shape index (κ1) is 39.3. The van der Waals surface area contributed by atoms with Crippen molar-refractivity contribution >= 4 is 75.6 Å². The van der Waals surface area contributed by atoms with Crippen molar-refractivity contribution in [3.8, 4) is 5.75 Å². The van der Waals surface area contributed by atoms with Crippen molar-refractivity contribution in [2.24, 2.45) is 23.7 Å². The van der Waals surface area contributed by atoms with Gasteiger partial charge in [-0.25, -0.2) is 4.98 Å². The second-order valence-electron chi connectivity index (χ2n) is 15.3. The minimum Gasteiger partial charge on any atom is -0.508 e. The van der Waals surface area contributed by atoms with Crippen molar-refractivity contribution in [3.63, 3.8) is 0 Å². The molecule has 0 bridgehead atoms. The Morgan fingerprint density at radius 1 is 0.831 bits per heavy atom. The number of phenolic OH excluding ortho intramolecular Hbond substituents is 1. The van der Waals surface area contributed by atoms with Gasteiger partial charge in [-0.05, 0) is 84.5 Å². The lowest BCUT2D eigenvalue weighted by atomic mass is 9.49. The van der Waals surface area contributed by atoms with E-state index in [1.54, 1.807) is 42.5 Å². The number of nitrogens with one attached hydrogen (secondary N) is 1. The number of amides is 4. The van der Waals surface area contributed by atoms with Gasteiger partial charge in [0.2, 0.25) is 11.8 Å². The number of ether oxygens (including phenoxy) is 1. The van der Waals surface area contributed by atoms with Crippen LogP contribution in [-0.2, 0) is 35.5 Å². The van der Waals surface area contributed by atoms with Gasteiger partial charge in [-0.3, -0.25) is 29.5 Å². The number of anilines is 3. The summed E-state index contributed by atoms with van der Waals surface area (Å²) in [5, 5.41) is 11.1. The summed E-state index contributed by atoms with van der Waals surface area (Å²) in [6, 6.07) is 18.5. The van der Waals surface area contributed by atoms with E-state index in [2.05, 4.69) is 15.3 Å². The Hall–Kier alpha value is -5.15. The second-order valence-corrected chi connectivity index (χ2v) is 16.5. The van der Waals surface area contributed by atoms with Gasteiger partial charge < -0.3 is 14.7 Å². The average molecular weight is 867 g/mol. The molecule has 17 heteroatoms. The van der Waals surface area contributed by atoms with Crippen molar-refractivity contribution in [1.29, 1.82) is 0 Å². The minimum atomic E-state index is -4.76. The third-order valence-electron chi connectivity index (χ3n) is 12.3. The molecule has 0 spiro atoms. The molecule has 6 atom stereocenters. The number of nitrogens with zero attached hydrogens (tertiary/aromatic N) is 4. The van der Waals surface area contributed by atoms with E-state index in [1.165, 1.54) is 17.0 Å². The molecule has 3 saturated heterocycles. The number of morpholine rings is 1. The van der Waals surface area contributed by atoms with Gasteiger partial charge in [0, 0.05) is 40.9 Å². The molecule has 1 saturated carbocycles. The highest BCUT2D eigenvalue weighted by Crippen LogP contribution is 2.65. The topological polar surface area (TPSA) is 132 Å². The molecule has 4 aromatic rings.